The first-order valence-corrected chi connectivity index (χ1v) is 9.12. The Morgan fingerprint density at radius 3 is 2.36 bits per heavy atom. The van der Waals surface area contributed by atoms with Crippen molar-refractivity contribution in [2.24, 2.45) is 5.14 Å². The molecule has 0 aliphatic carbocycles. The molecule has 0 spiro atoms. The van der Waals surface area contributed by atoms with Gasteiger partial charge in [-0.1, -0.05) is 23.4 Å². The number of hydrogen-bond donors (Lipinski definition) is 1. The first-order valence-electron chi connectivity index (χ1n) is 7.57. The predicted molar refractivity (Wildman–Crippen MR) is 88.5 cm³/mol. The molecule has 1 heterocycles. The molecule has 0 bridgehead atoms. The smallest absolute Gasteiger partial charge is 0.357 e. The molecule has 2 aromatic carbocycles. The van der Waals surface area contributed by atoms with Crippen molar-refractivity contribution < 1.29 is 34.9 Å². The molecule has 0 amide bonds. The van der Waals surface area contributed by atoms with Gasteiger partial charge in [-0.25, -0.2) is 22.3 Å². The lowest BCUT2D eigenvalue weighted by atomic mass is 9.98. The van der Waals surface area contributed by atoms with Crippen molar-refractivity contribution in [1.82, 2.24) is 5.16 Å². The van der Waals surface area contributed by atoms with Crippen molar-refractivity contribution in [2.45, 2.75) is 17.7 Å². The van der Waals surface area contributed by atoms with E-state index in [1.807, 2.05) is 0 Å². The van der Waals surface area contributed by atoms with Gasteiger partial charge in [-0.15, -0.1) is 0 Å². The summed E-state index contributed by atoms with van der Waals surface area (Å²) in [7, 11) is -4.33. The van der Waals surface area contributed by atoms with Crippen LogP contribution in [0.3, 0.4) is 0 Å². The summed E-state index contributed by atoms with van der Waals surface area (Å²) in [6.07, 6.45) is -4.62. The predicted octanol–water partition coefficient (Wildman–Crippen LogP) is 4.28. The van der Waals surface area contributed by atoms with E-state index in [0.29, 0.717) is 0 Å². The average Bonchev–Trinajstić information content (AvgIpc) is 3.04. The maximum Gasteiger partial charge on any atom is 0.416 e. The van der Waals surface area contributed by atoms with Gasteiger partial charge in [0.1, 0.15) is 16.4 Å². The number of halogens is 5. The molecular formula is C17H11F5N2O3S. The summed E-state index contributed by atoms with van der Waals surface area (Å²) in [5.41, 5.74) is -1.28. The number of benzene rings is 2. The Hall–Kier alpha value is -2.79. The van der Waals surface area contributed by atoms with E-state index in [-0.39, 0.29) is 28.1 Å². The van der Waals surface area contributed by atoms with Gasteiger partial charge in [0.2, 0.25) is 10.0 Å². The second-order valence-corrected chi connectivity index (χ2v) is 7.26. The van der Waals surface area contributed by atoms with E-state index < -0.39 is 39.2 Å². The second kappa shape index (κ2) is 6.99. The monoisotopic (exact) mass is 418 g/mol. The van der Waals surface area contributed by atoms with Crippen LogP contribution in [0.25, 0.3) is 22.4 Å². The van der Waals surface area contributed by atoms with Crippen LogP contribution in [-0.2, 0) is 22.9 Å². The van der Waals surface area contributed by atoms with Gasteiger partial charge in [0.05, 0.1) is 11.1 Å². The number of hydrogen-bond acceptors (Lipinski definition) is 4. The molecule has 0 aliphatic rings. The van der Waals surface area contributed by atoms with E-state index in [2.05, 4.69) is 5.16 Å². The van der Waals surface area contributed by atoms with Crippen molar-refractivity contribution >= 4 is 10.0 Å². The molecular weight excluding hydrogens is 407 g/mol. The van der Waals surface area contributed by atoms with Crippen molar-refractivity contribution in [1.29, 1.82) is 0 Å². The fraction of sp³-hybridized carbons (Fsp3) is 0.118. The number of alkyl halides is 4. The van der Waals surface area contributed by atoms with E-state index >= 15 is 0 Å². The number of rotatable bonds is 4. The number of nitrogens with two attached hydrogens (primary N) is 1. The molecule has 0 unspecified atom stereocenters. The van der Waals surface area contributed by atoms with E-state index in [4.69, 9.17) is 9.66 Å². The zero-order valence-electron chi connectivity index (χ0n) is 13.8. The zero-order chi connectivity index (χ0) is 20.7. The van der Waals surface area contributed by atoms with Gasteiger partial charge < -0.3 is 4.52 Å². The third-order valence-electron chi connectivity index (χ3n) is 3.87. The third-order valence-corrected chi connectivity index (χ3v) is 4.82. The molecule has 1 aromatic heterocycles. The van der Waals surface area contributed by atoms with Gasteiger partial charge in [0, 0.05) is 5.56 Å². The van der Waals surface area contributed by atoms with Crippen molar-refractivity contribution in [3.8, 4) is 22.4 Å². The van der Waals surface area contributed by atoms with Crippen LogP contribution in [0.2, 0.25) is 0 Å². The minimum atomic E-state index is -4.62. The van der Waals surface area contributed by atoms with Crippen LogP contribution < -0.4 is 5.14 Å². The maximum absolute atomic E-state index is 14.2. The van der Waals surface area contributed by atoms with Crippen molar-refractivity contribution in [3.05, 3.63) is 59.6 Å². The quantitative estimate of drug-likeness (QED) is 0.641. The summed E-state index contributed by atoms with van der Waals surface area (Å²) < 4.78 is 93.9. The first-order chi connectivity index (χ1) is 13.0. The molecule has 3 rings (SSSR count). The lowest BCUT2D eigenvalue weighted by Gasteiger charge is -2.09. The summed E-state index contributed by atoms with van der Waals surface area (Å²) in [5, 5.41) is 8.51. The van der Waals surface area contributed by atoms with Crippen LogP contribution in [0.5, 0.6) is 0 Å². The third kappa shape index (κ3) is 3.76. The van der Waals surface area contributed by atoms with Crippen LogP contribution >= 0.6 is 0 Å². The Morgan fingerprint density at radius 2 is 1.79 bits per heavy atom. The summed E-state index contributed by atoms with van der Waals surface area (Å²) >= 11 is 0. The minimum absolute atomic E-state index is 0.0359. The highest BCUT2D eigenvalue weighted by Gasteiger charge is 2.31. The molecule has 0 saturated heterocycles. The average molecular weight is 418 g/mol. The fourth-order valence-electron chi connectivity index (χ4n) is 2.64. The molecule has 11 heteroatoms. The van der Waals surface area contributed by atoms with Crippen LogP contribution in [0.1, 0.15) is 11.3 Å². The van der Waals surface area contributed by atoms with Crippen LogP contribution in [0.4, 0.5) is 22.0 Å². The standard InChI is InChI=1S/C17H11F5N2O3S/c18-8-13-15(9-4-5-14(12(19)7-9)28(23,25)26)16(24-27-13)10-2-1-3-11(6-10)17(20,21)22/h1-7H,8H2,(H2,23,25,26). The summed E-state index contributed by atoms with van der Waals surface area (Å²) in [6, 6.07) is 6.83. The van der Waals surface area contributed by atoms with Crippen LogP contribution in [0.15, 0.2) is 51.9 Å². The van der Waals surface area contributed by atoms with Crippen molar-refractivity contribution in [3.63, 3.8) is 0 Å². The molecule has 148 valence electrons. The molecule has 28 heavy (non-hydrogen) atoms. The number of primary sulfonamides is 1. The summed E-state index contributed by atoms with van der Waals surface area (Å²) in [6.45, 7) is -1.17. The van der Waals surface area contributed by atoms with Gasteiger partial charge in [-0.3, -0.25) is 0 Å². The molecule has 3 aromatic rings. The molecule has 0 fully saturated rings. The normalized spacial score (nSPS) is 12.4. The van der Waals surface area contributed by atoms with Gasteiger partial charge in [-0.05, 0) is 29.8 Å². The van der Waals surface area contributed by atoms with E-state index in [1.165, 1.54) is 6.07 Å². The molecule has 0 saturated carbocycles. The molecule has 5 nitrogen and oxygen atoms in total. The number of nitrogens with zero attached hydrogens (tertiary/aromatic N) is 1. The highest BCUT2D eigenvalue weighted by Crippen LogP contribution is 2.38. The highest BCUT2D eigenvalue weighted by atomic mass is 32.2. The van der Waals surface area contributed by atoms with E-state index in [9.17, 15) is 30.4 Å². The van der Waals surface area contributed by atoms with E-state index in [0.717, 1.165) is 36.4 Å². The minimum Gasteiger partial charge on any atom is -0.357 e. The Kier molecular flexibility index (Phi) is 4.98. The molecule has 0 atom stereocenters. The van der Waals surface area contributed by atoms with Crippen molar-refractivity contribution in [2.75, 3.05) is 0 Å². The maximum atomic E-state index is 14.2. The SMILES string of the molecule is NS(=O)(=O)c1ccc(-c2c(-c3cccc(C(F)(F)F)c3)noc2CF)cc1F. The van der Waals surface area contributed by atoms with Gasteiger partial charge in [-0.2, -0.15) is 13.2 Å². The summed E-state index contributed by atoms with van der Waals surface area (Å²) in [5.74, 6) is -1.56. The van der Waals surface area contributed by atoms with Crippen LogP contribution in [-0.4, -0.2) is 13.6 Å². The van der Waals surface area contributed by atoms with Gasteiger partial charge in [0.15, 0.2) is 12.4 Å². The zero-order valence-corrected chi connectivity index (χ0v) is 14.6. The van der Waals surface area contributed by atoms with Gasteiger partial charge >= 0.3 is 6.18 Å². The topological polar surface area (TPSA) is 86.2 Å². The lowest BCUT2D eigenvalue weighted by molar-refractivity contribution is -0.137. The number of aromatic nitrogens is 1. The Balaban J connectivity index is 2.19. The fourth-order valence-corrected chi connectivity index (χ4v) is 3.23. The molecule has 0 aliphatic heterocycles. The lowest BCUT2D eigenvalue weighted by Crippen LogP contribution is -2.14. The number of sulfonamides is 1. The molecule has 2 N–H and O–H groups in total. The summed E-state index contributed by atoms with van der Waals surface area (Å²) in [4.78, 5) is -0.782. The van der Waals surface area contributed by atoms with Gasteiger partial charge in [0.25, 0.3) is 0 Å². The highest BCUT2D eigenvalue weighted by molar-refractivity contribution is 7.89. The largest absolute Gasteiger partial charge is 0.416 e. The Morgan fingerprint density at radius 1 is 1.07 bits per heavy atom. The van der Waals surface area contributed by atoms with Crippen LogP contribution in [0, 0.1) is 5.82 Å². The van der Waals surface area contributed by atoms with E-state index in [1.54, 1.807) is 0 Å². The first kappa shape index (κ1) is 20.0. The Labute approximate surface area is 155 Å². The Bertz CT molecular complexity index is 1140. The molecule has 0 radical (unpaired) electrons. The second-order valence-electron chi connectivity index (χ2n) is 5.73.